The van der Waals surface area contributed by atoms with Crippen molar-refractivity contribution in [2.75, 3.05) is 11.9 Å². The van der Waals surface area contributed by atoms with Gasteiger partial charge in [0.1, 0.15) is 0 Å². The summed E-state index contributed by atoms with van der Waals surface area (Å²) in [4.78, 5) is 0. The van der Waals surface area contributed by atoms with E-state index in [9.17, 15) is 0 Å². The molecule has 0 aliphatic heterocycles. The molecule has 92 valence electrons. The highest BCUT2D eigenvalue weighted by Gasteiger charge is 2.10. The number of anilines is 1. The third-order valence-electron chi connectivity index (χ3n) is 3.50. The fraction of sp³-hybridized carbons (Fsp3) is 0.500. The van der Waals surface area contributed by atoms with Crippen molar-refractivity contribution in [1.29, 1.82) is 0 Å². The van der Waals surface area contributed by atoms with Crippen LogP contribution in [-0.4, -0.2) is 6.54 Å². The molecule has 1 aliphatic rings. The maximum Gasteiger partial charge on any atom is 0.0372 e. The van der Waals surface area contributed by atoms with E-state index in [-0.39, 0.29) is 0 Å². The number of rotatable bonds is 5. The lowest BCUT2D eigenvalue weighted by Crippen LogP contribution is -2.16. The van der Waals surface area contributed by atoms with Crippen molar-refractivity contribution < 1.29 is 0 Å². The van der Waals surface area contributed by atoms with E-state index in [1.54, 1.807) is 0 Å². The van der Waals surface area contributed by atoms with Crippen LogP contribution in [0.15, 0.2) is 36.4 Å². The monoisotopic (exact) mass is 229 g/mol. The molecule has 1 aromatic carbocycles. The SMILES string of the molecule is CCCc1ccccc1NCC1CC=CCC1. The second-order valence-corrected chi connectivity index (χ2v) is 4.94. The summed E-state index contributed by atoms with van der Waals surface area (Å²) in [6.45, 7) is 3.35. The Bertz CT molecular complexity index is 368. The van der Waals surface area contributed by atoms with Gasteiger partial charge in [0.25, 0.3) is 0 Å². The molecule has 0 saturated heterocycles. The minimum absolute atomic E-state index is 0.815. The van der Waals surface area contributed by atoms with Crippen LogP contribution in [0.5, 0.6) is 0 Å². The van der Waals surface area contributed by atoms with Gasteiger partial charge in [0.2, 0.25) is 0 Å². The first-order valence-corrected chi connectivity index (χ1v) is 6.87. The summed E-state index contributed by atoms with van der Waals surface area (Å²) < 4.78 is 0. The second kappa shape index (κ2) is 6.48. The zero-order chi connectivity index (χ0) is 11.9. The van der Waals surface area contributed by atoms with E-state index in [1.807, 2.05) is 0 Å². The van der Waals surface area contributed by atoms with Gasteiger partial charge in [0, 0.05) is 12.2 Å². The molecular weight excluding hydrogens is 206 g/mol. The number of nitrogens with one attached hydrogen (secondary N) is 1. The van der Waals surface area contributed by atoms with Crippen molar-refractivity contribution in [3.8, 4) is 0 Å². The van der Waals surface area contributed by atoms with Crippen molar-refractivity contribution in [2.24, 2.45) is 5.92 Å². The van der Waals surface area contributed by atoms with Gasteiger partial charge in [-0.05, 0) is 43.2 Å². The lowest BCUT2D eigenvalue weighted by atomic mass is 9.94. The Balaban J connectivity index is 1.91. The summed E-state index contributed by atoms with van der Waals surface area (Å²) in [5.41, 5.74) is 2.80. The molecule has 0 fully saturated rings. The third kappa shape index (κ3) is 3.62. The molecule has 1 aliphatic carbocycles. The molecule has 0 spiro atoms. The molecule has 2 rings (SSSR count). The van der Waals surface area contributed by atoms with Crippen LogP contribution in [0.2, 0.25) is 0 Å². The van der Waals surface area contributed by atoms with Crippen molar-refractivity contribution in [2.45, 2.75) is 39.0 Å². The Morgan fingerprint density at radius 2 is 2.12 bits per heavy atom. The number of allylic oxidation sites excluding steroid dienone is 2. The Morgan fingerprint density at radius 1 is 1.24 bits per heavy atom. The van der Waals surface area contributed by atoms with Gasteiger partial charge in [-0.15, -0.1) is 0 Å². The molecule has 0 bridgehead atoms. The van der Waals surface area contributed by atoms with E-state index in [2.05, 4.69) is 48.7 Å². The standard InChI is InChI=1S/C16H23N/c1-2-8-15-11-6-7-12-16(15)17-13-14-9-4-3-5-10-14/h3-4,6-7,11-12,14,17H,2,5,8-10,13H2,1H3. The van der Waals surface area contributed by atoms with Gasteiger partial charge in [0.05, 0.1) is 0 Å². The van der Waals surface area contributed by atoms with Crippen LogP contribution in [0.25, 0.3) is 0 Å². The van der Waals surface area contributed by atoms with Crippen LogP contribution in [0, 0.1) is 5.92 Å². The van der Waals surface area contributed by atoms with Gasteiger partial charge in [-0.3, -0.25) is 0 Å². The van der Waals surface area contributed by atoms with Crippen molar-refractivity contribution in [3.63, 3.8) is 0 Å². The second-order valence-electron chi connectivity index (χ2n) is 4.94. The topological polar surface area (TPSA) is 12.0 Å². The average Bonchev–Trinajstić information content (AvgIpc) is 2.39. The Kier molecular flexibility index (Phi) is 4.66. The van der Waals surface area contributed by atoms with Gasteiger partial charge >= 0.3 is 0 Å². The summed E-state index contributed by atoms with van der Waals surface area (Å²) in [5.74, 6) is 0.815. The minimum atomic E-state index is 0.815. The van der Waals surface area contributed by atoms with E-state index >= 15 is 0 Å². The van der Waals surface area contributed by atoms with Crippen LogP contribution in [0.1, 0.15) is 38.2 Å². The molecule has 1 heteroatoms. The van der Waals surface area contributed by atoms with E-state index in [0.29, 0.717) is 0 Å². The molecule has 0 aromatic heterocycles. The van der Waals surface area contributed by atoms with E-state index in [1.165, 1.54) is 43.4 Å². The molecule has 0 radical (unpaired) electrons. The van der Waals surface area contributed by atoms with Crippen molar-refractivity contribution in [3.05, 3.63) is 42.0 Å². The third-order valence-corrected chi connectivity index (χ3v) is 3.50. The predicted molar refractivity (Wildman–Crippen MR) is 75.4 cm³/mol. The van der Waals surface area contributed by atoms with E-state index < -0.39 is 0 Å². The van der Waals surface area contributed by atoms with Gasteiger partial charge in [-0.1, -0.05) is 43.7 Å². The quantitative estimate of drug-likeness (QED) is 0.738. The largest absolute Gasteiger partial charge is 0.385 e. The Labute approximate surface area is 105 Å². The van der Waals surface area contributed by atoms with Gasteiger partial charge in [-0.2, -0.15) is 0 Å². The fourth-order valence-corrected chi connectivity index (χ4v) is 2.48. The minimum Gasteiger partial charge on any atom is -0.385 e. The maximum absolute atomic E-state index is 3.63. The lowest BCUT2D eigenvalue weighted by Gasteiger charge is -2.20. The Hall–Kier alpha value is -1.24. The number of para-hydroxylation sites is 1. The number of hydrogen-bond acceptors (Lipinski definition) is 1. The molecule has 1 unspecified atom stereocenters. The first kappa shape index (κ1) is 12.2. The molecule has 0 saturated carbocycles. The van der Waals surface area contributed by atoms with Gasteiger partial charge < -0.3 is 5.32 Å². The molecular formula is C16H23N. The molecule has 1 aromatic rings. The smallest absolute Gasteiger partial charge is 0.0372 e. The molecule has 17 heavy (non-hydrogen) atoms. The van der Waals surface area contributed by atoms with Crippen LogP contribution in [0.4, 0.5) is 5.69 Å². The average molecular weight is 229 g/mol. The van der Waals surface area contributed by atoms with Gasteiger partial charge in [-0.25, -0.2) is 0 Å². The fourth-order valence-electron chi connectivity index (χ4n) is 2.48. The normalized spacial score (nSPS) is 19.2. The zero-order valence-electron chi connectivity index (χ0n) is 10.8. The molecule has 0 heterocycles. The predicted octanol–water partition coefficient (Wildman–Crippen LogP) is 4.41. The number of aryl methyl sites for hydroxylation is 1. The van der Waals surface area contributed by atoms with Crippen LogP contribution in [0.3, 0.4) is 0 Å². The maximum atomic E-state index is 3.63. The zero-order valence-corrected chi connectivity index (χ0v) is 10.8. The first-order chi connectivity index (χ1) is 8.40. The summed E-state index contributed by atoms with van der Waals surface area (Å²) in [5, 5.41) is 3.63. The summed E-state index contributed by atoms with van der Waals surface area (Å²) in [6.07, 6.45) is 10.8. The number of benzene rings is 1. The summed E-state index contributed by atoms with van der Waals surface area (Å²) in [6, 6.07) is 8.72. The van der Waals surface area contributed by atoms with E-state index in [4.69, 9.17) is 0 Å². The first-order valence-electron chi connectivity index (χ1n) is 6.87. The molecule has 1 N–H and O–H groups in total. The van der Waals surface area contributed by atoms with E-state index in [0.717, 1.165) is 12.5 Å². The van der Waals surface area contributed by atoms with Crippen LogP contribution >= 0.6 is 0 Å². The van der Waals surface area contributed by atoms with Crippen molar-refractivity contribution >= 4 is 5.69 Å². The molecule has 0 amide bonds. The highest BCUT2D eigenvalue weighted by atomic mass is 14.9. The van der Waals surface area contributed by atoms with Crippen molar-refractivity contribution in [1.82, 2.24) is 0 Å². The highest BCUT2D eigenvalue weighted by Crippen LogP contribution is 2.21. The van der Waals surface area contributed by atoms with Crippen LogP contribution < -0.4 is 5.32 Å². The summed E-state index contributed by atoms with van der Waals surface area (Å²) in [7, 11) is 0. The van der Waals surface area contributed by atoms with Gasteiger partial charge in [0.15, 0.2) is 0 Å². The molecule has 1 nitrogen and oxygen atoms in total. The molecule has 1 atom stereocenters. The lowest BCUT2D eigenvalue weighted by molar-refractivity contribution is 0.504. The van der Waals surface area contributed by atoms with Crippen LogP contribution in [-0.2, 0) is 6.42 Å². The Morgan fingerprint density at radius 3 is 2.88 bits per heavy atom. The highest BCUT2D eigenvalue weighted by molar-refractivity contribution is 5.51. The number of hydrogen-bond donors (Lipinski definition) is 1. The summed E-state index contributed by atoms with van der Waals surface area (Å²) >= 11 is 0.